The molecular weight excluding hydrogens is 214 g/mol. The normalized spacial score (nSPS) is 14.8. The second kappa shape index (κ2) is 3.73. The quantitative estimate of drug-likeness (QED) is 0.842. The first kappa shape index (κ1) is 10.1. The minimum Gasteiger partial charge on any atom is -0.366 e. The molecule has 2 aromatic rings. The van der Waals surface area contributed by atoms with Gasteiger partial charge in [-0.25, -0.2) is 0 Å². The van der Waals surface area contributed by atoms with Crippen LogP contribution in [-0.2, 0) is 0 Å². The second-order valence-electron chi connectivity index (χ2n) is 4.39. The smallest absolute Gasteiger partial charge is 0.249 e. The number of H-pyrrole nitrogens is 1. The van der Waals surface area contributed by atoms with Crippen LogP contribution in [0, 0.1) is 0 Å². The SMILES string of the molecule is NC(=O)c1ccccc1-c1cc(C2CC2)[nH]n1. The summed E-state index contributed by atoms with van der Waals surface area (Å²) in [7, 11) is 0. The fourth-order valence-corrected chi connectivity index (χ4v) is 2.00. The monoisotopic (exact) mass is 227 g/mol. The Morgan fingerprint density at radius 1 is 1.35 bits per heavy atom. The Morgan fingerprint density at radius 3 is 2.82 bits per heavy atom. The third kappa shape index (κ3) is 1.82. The average Bonchev–Trinajstić information content (AvgIpc) is 3.07. The zero-order valence-corrected chi connectivity index (χ0v) is 9.31. The fraction of sp³-hybridized carbons (Fsp3) is 0.231. The van der Waals surface area contributed by atoms with Crippen molar-refractivity contribution in [1.82, 2.24) is 10.2 Å². The van der Waals surface area contributed by atoms with Gasteiger partial charge in [-0.15, -0.1) is 0 Å². The molecule has 0 bridgehead atoms. The molecule has 1 heterocycles. The highest BCUT2D eigenvalue weighted by Crippen LogP contribution is 2.40. The highest BCUT2D eigenvalue weighted by atomic mass is 16.1. The van der Waals surface area contributed by atoms with Gasteiger partial charge in [0.05, 0.1) is 5.69 Å². The van der Waals surface area contributed by atoms with E-state index in [1.807, 2.05) is 18.2 Å². The van der Waals surface area contributed by atoms with Crippen molar-refractivity contribution in [1.29, 1.82) is 0 Å². The number of hydrogen-bond acceptors (Lipinski definition) is 2. The lowest BCUT2D eigenvalue weighted by atomic mass is 10.0. The number of carbonyl (C=O) groups is 1. The highest BCUT2D eigenvalue weighted by molar-refractivity contribution is 5.99. The molecule has 1 amide bonds. The van der Waals surface area contributed by atoms with Crippen molar-refractivity contribution in [2.45, 2.75) is 18.8 Å². The van der Waals surface area contributed by atoms with Gasteiger partial charge in [-0.2, -0.15) is 5.10 Å². The molecule has 0 spiro atoms. The molecule has 0 radical (unpaired) electrons. The van der Waals surface area contributed by atoms with Crippen LogP contribution in [0.5, 0.6) is 0 Å². The van der Waals surface area contributed by atoms with Crippen LogP contribution in [0.25, 0.3) is 11.3 Å². The number of benzene rings is 1. The zero-order valence-electron chi connectivity index (χ0n) is 9.31. The van der Waals surface area contributed by atoms with E-state index in [2.05, 4.69) is 10.2 Å². The fourth-order valence-electron chi connectivity index (χ4n) is 2.00. The Labute approximate surface area is 98.8 Å². The van der Waals surface area contributed by atoms with Crippen molar-refractivity contribution in [3.05, 3.63) is 41.6 Å². The lowest BCUT2D eigenvalue weighted by molar-refractivity contribution is 0.100. The molecule has 1 saturated carbocycles. The van der Waals surface area contributed by atoms with Crippen molar-refractivity contribution in [2.24, 2.45) is 5.73 Å². The number of aromatic amines is 1. The van der Waals surface area contributed by atoms with Crippen molar-refractivity contribution >= 4 is 5.91 Å². The Kier molecular flexibility index (Phi) is 2.21. The number of nitrogens with one attached hydrogen (secondary N) is 1. The topological polar surface area (TPSA) is 71.8 Å². The molecular formula is C13H13N3O. The average molecular weight is 227 g/mol. The molecule has 0 saturated heterocycles. The van der Waals surface area contributed by atoms with Crippen LogP contribution in [-0.4, -0.2) is 16.1 Å². The van der Waals surface area contributed by atoms with E-state index in [4.69, 9.17) is 5.73 Å². The van der Waals surface area contributed by atoms with Crippen molar-refractivity contribution in [3.8, 4) is 11.3 Å². The molecule has 1 aromatic heterocycles. The van der Waals surface area contributed by atoms with Crippen molar-refractivity contribution in [2.75, 3.05) is 0 Å². The molecule has 3 rings (SSSR count). The van der Waals surface area contributed by atoms with Crippen LogP contribution in [0.15, 0.2) is 30.3 Å². The first-order valence-electron chi connectivity index (χ1n) is 5.70. The molecule has 0 aliphatic heterocycles. The van der Waals surface area contributed by atoms with E-state index < -0.39 is 5.91 Å². The molecule has 4 nitrogen and oxygen atoms in total. The zero-order chi connectivity index (χ0) is 11.8. The second-order valence-corrected chi connectivity index (χ2v) is 4.39. The predicted octanol–water partition coefficient (Wildman–Crippen LogP) is 2.05. The van der Waals surface area contributed by atoms with E-state index in [9.17, 15) is 4.79 Å². The van der Waals surface area contributed by atoms with E-state index in [1.165, 1.54) is 12.8 Å². The molecule has 1 fully saturated rings. The molecule has 17 heavy (non-hydrogen) atoms. The number of amides is 1. The number of aromatic nitrogens is 2. The van der Waals surface area contributed by atoms with Gasteiger partial charge in [0.1, 0.15) is 0 Å². The van der Waals surface area contributed by atoms with E-state index in [0.717, 1.165) is 17.0 Å². The maximum Gasteiger partial charge on any atom is 0.249 e. The van der Waals surface area contributed by atoms with Gasteiger partial charge in [-0.1, -0.05) is 18.2 Å². The maximum absolute atomic E-state index is 11.3. The lowest BCUT2D eigenvalue weighted by Crippen LogP contribution is -2.12. The van der Waals surface area contributed by atoms with E-state index in [-0.39, 0.29) is 0 Å². The molecule has 4 heteroatoms. The van der Waals surface area contributed by atoms with Crippen LogP contribution in [0.1, 0.15) is 34.8 Å². The van der Waals surface area contributed by atoms with Crippen LogP contribution in [0.2, 0.25) is 0 Å². The molecule has 1 aliphatic rings. The first-order chi connectivity index (χ1) is 8.25. The summed E-state index contributed by atoms with van der Waals surface area (Å²) in [6.45, 7) is 0. The molecule has 3 N–H and O–H groups in total. The Balaban J connectivity index is 2.04. The standard InChI is InChI=1S/C13H13N3O/c14-13(17)10-4-2-1-3-9(10)12-7-11(15-16-12)8-5-6-8/h1-4,7-8H,5-6H2,(H2,14,17)(H,15,16). The van der Waals surface area contributed by atoms with E-state index >= 15 is 0 Å². The van der Waals surface area contributed by atoms with E-state index in [1.54, 1.807) is 12.1 Å². The van der Waals surface area contributed by atoms with Gasteiger partial charge in [-0.05, 0) is 25.0 Å². The van der Waals surface area contributed by atoms with Crippen LogP contribution >= 0.6 is 0 Å². The number of nitrogens with two attached hydrogens (primary N) is 1. The van der Waals surface area contributed by atoms with Crippen LogP contribution < -0.4 is 5.73 Å². The minimum atomic E-state index is -0.420. The van der Waals surface area contributed by atoms with Gasteiger partial charge in [-0.3, -0.25) is 9.89 Å². The summed E-state index contributed by atoms with van der Waals surface area (Å²) in [5.74, 6) is 0.202. The van der Waals surface area contributed by atoms with Crippen molar-refractivity contribution in [3.63, 3.8) is 0 Å². The largest absolute Gasteiger partial charge is 0.366 e. The predicted molar refractivity (Wildman–Crippen MR) is 64.5 cm³/mol. The molecule has 1 aliphatic carbocycles. The summed E-state index contributed by atoms with van der Waals surface area (Å²) in [5, 5.41) is 7.29. The van der Waals surface area contributed by atoms with Crippen LogP contribution in [0.3, 0.4) is 0 Å². The lowest BCUT2D eigenvalue weighted by Gasteiger charge is -2.02. The summed E-state index contributed by atoms with van der Waals surface area (Å²) in [5.41, 5.74) is 8.61. The number of hydrogen-bond donors (Lipinski definition) is 2. The van der Waals surface area contributed by atoms with Gasteiger partial charge < -0.3 is 5.73 Å². The third-order valence-electron chi connectivity index (χ3n) is 3.08. The molecule has 86 valence electrons. The summed E-state index contributed by atoms with van der Waals surface area (Å²) >= 11 is 0. The van der Waals surface area contributed by atoms with E-state index in [0.29, 0.717) is 11.5 Å². The van der Waals surface area contributed by atoms with Crippen LogP contribution in [0.4, 0.5) is 0 Å². The maximum atomic E-state index is 11.3. The van der Waals surface area contributed by atoms with Gasteiger partial charge in [0.15, 0.2) is 0 Å². The van der Waals surface area contributed by atoms with Gasteiger partial charge in [0, 0.05) is 22.7 Å². The van der Waals surface area contributed by atoms with Gasteiger partial charge in [0.2, 0.25) is 5.91 Å². The minimum absolute atomic E-state index is 0.420. The summed E-state index contributed by atoms with van der Waals surface area (Å²) in [6, 6.07) is 9.29. The van der Waals surface area contributed by atoms with Gasteiger partial charge >= 0.3 is 0 Å². The Bertz CT molecular complexity index is 570. The number of nitrogens with zero attached hydrogens (tertiary/aromatic N) is 1. The van der Waals surface area contributed by atoms with Crippen molar-refractivity contribution < 1.29 is 4.79 Å². The summed E-state index contributed by atoms with van der Waals surface area (Å²) < 4.78 is 0. The molecule has 0 unspecified atom stereocenters. The Morgan fingerprint density at radius 2 is 2.12 bits per heavy atom. The number of rotatable bonds is 3. The number of primary amides is 1. The highest BCUT2D eigenvalue weighted by Gasteiger charge is 2.26. The van der Waals surface area contributed by atoms with Gasteiger partial charge in [0.25, 0.3) is 0 Å². The first-order valence-corrected chi connectivity index (χ1v) is 5.70. The molecule has 0 atom stereocenters. The summed E-state index contributed by atoms with van der Waals surface area (Å²) in [6.07, 6.45) is 2.44. The Hall–Kier alpha value is -2.10. The third-order valence-corrected chi connectivity index (χ3v) is 3.08. The number of carbonyl (C=O) groups excluding carboxylic acids is 1. The summed E-state index contributed by atoms with van der Waals surface area (Å²) in [4.78, 5) is 11.3. The molecule has 1 aromatic carbocycles.